The summed E-state index contributed by atoms with van der Waals surface area (Å²) in [5.74, 6) is 0.381. The van der Waals surface area contributed by atoms with Crippen LogP contribution >= 0.6 is 15.9 Å². The van der Waals surface area contributed by atoms with Crippen LogP contribution in [0.15, 0.2) is 16.6 Å². The van der Waals surface area contributed by atoms with Crippen molar-refractivity contribution in [3.8, 4) is 11.5 Å². The molecule has 78 valence electrons. The molecule has 0 spiro atoms. The van der Waals surface area contributed by atoms with E-state index in [1.165, 1.54) is 13.2 Å². The molecular weight excluding hydrogens is 250 g/mol. The predicted octanol–water partition coefficient (Wildman–Crippen LogP) is 1.16. The maximum atomic E-state index is 9.56. The predicted molar refractivity (Wildman–Crippen MR) is 56.4 cm³/mol. The van der Waals surface area contributed by atoms with E-state index in [9.17, 15) is 10.2 Å². The number of hydrogen-bond acceptors (Lipinski definition) is 4. The molecule has 1 aromatic carbocycles. The molecule has 0 amide bonds. The molecule has 0 aliphatic carbocycles. The summed E-state index contributed by atoms with van der Waals surface area (Å²) >= 11 is 3.25. The summed E-state index contributed by atoms with van der Waals surface area (Å²) in [5, 5.41) is 19.1. The molecule has 0 aliphatic heterocycles. The second-order valence-corrected chi connectivity index (χ2v) is 3.62. The van der Waals surface area contributed by atoms with Crippen LogP contribution in [0.25, 0.3) is 0 Å². The molecule has 0 heterocycles. The van der Waals surface area contributed by atoms with Crippen molar-refractivity contribution < 1.29 is 14.9 Å². The number of phenolic OH excluding ortho intramolecular Hbond substituents is 1. The average Bonchev–Trinajstić information content (AvgIpc) is 2.19. The fourth-order valence-electron chi connectivity index (χ4n) is 1.21. The second-order valence-electron chi connectivity index (χ2n) is 2.76. The van der Waals surface area contributed by atoms with Crippen molar-refractivity contribution in [1.29, 1.82) is 0 Å². The summed E-state index contributed by atoms with van der Waals surface area (Å²) in [6, 6.07) is 3.11. The number of nitrogens with two attached hydrogens (primary N) is 1. The number of aromatic hydroxyl groups is 1. The van der Waals surface area contributed by atoms with Gasteiger partial charge in [0.1, 0.15) is 11.5 Å². The number of rotatable bonds is 3. The highest BCUT2D eigenvalue weighted by Gasteiger charge is 2.18. The number of aliphatic hydroxyl groups excluding tert-OH is 1. The third-order valence-electron chi connectivity index (χ3n) is 1.89. The average molecular weight is 262 g/mol. The van der Waals surface area contributed by atoms with Crippen LogP contribution in [-0.4, -0.2) is 23.9 Å². The Morgan fingerprint density at radius 2 is 2.21 bits per heavy atom. The Kier molecular flexibility index (Phi) is 3.74. The van der Waals surface area contributed by atoms with Gasteiger partial charge in [-0.3, -0.25) is 0 Å². The minimum atomic E-state index is -0.928. The maximum absolute atomic E-state index is 9.56. The lowest BCUT2D eigenvalue weighted by Gasteiger charge is -2.15. The van der Waals surface area contributed by atoms with E-state index in [4.69, 9.17) is 10.5 Å². The quantitative estimate of drug-likeness (QED) is 0.763. The van der Waals surface area contributed by atoms with E-state index in [1.54, 1.807) is 6.07 Å². The first-order valence-electron chi connectivity index (χ1n) is 4.05. The van der Waals surface area contributed by atoms with Crippen LogP contribution in [0.1, 0.15) is 11.7 Å². The number of methoxy groups -OCH3 is 1. The molecule has 0 saturated heterocycles. The first-order chi connectivity index (χ1) is 6.61. The molecule has 1 rings (SSSR count). The summed E-state index contributed by atoms with van der Waals surface area (Å²) < 4.78 is 5.72. The number of hydrogen-bond donors (Lipinski definition) is 3. The third kappa shape index (κ3) is 2.00. The summed E-state index contributed by atoms with van der Waals surface area (Å²) in [6.45, 7) is 0.0281. The molecular formula is C9H12BrNO3. The summed E-state index contributed by atoms with van der Waals surface area (Å²) in [7, 11) is 1.46. The van der Waals surface area contributed by atoms with Crippen molar-refractivity contribution in [2.75, 3.05) is 13.7 Å². The first kappa shape index (κ1) is 11.3. The van der Waals surface area contributed by atoms with E-state index in [2.05, 4.69) is 15.9 Å². The molecule has 0 bridgehead atoms. The van der Waals surface area contributed by atoms with Crippen LogP contribution in [-0.2, 0) is 0 Å². The van der Waals surface area contributed by atoms with E-state index in [0.29, 0.717) is 15.8 Å². The molecule has 0 aromatic heterocycles. The van der Waals surface area contributed by atoms with Crippen LogP contribution in [0, 0.1) is 0 Å². The Hall–Kier alpha value is -0.780. The van der Waals surface area contributed by atoms with Gasteiger partial charge in [0, 0.05) is 6.54 Å². The van der Waals surface area contributed by atoms with Crippen molar-refractivity contribution >= 4 is 15.9 Å². The topological polar surface area (TPSA) is 75.7 Å². The molecule has 14 heavy (non-hydrogen) atoms. The molecule has 0 saturated carbocycles. The lowest BCUT2D eigenvalue weighted by atomic mass is 10.1. The third-order valence-corrected chi connectivity index (χ3v) is 2.51. The Balaban J connectivity index is 3.29. The highest BCUT2D eigenvalue weighted by atomic mass is 79.9. The van der Waals surface area contributed by atoms with Crippen molar-refractivity contribution in [2.24, 2.45) is 5.73 Å². The lowest BCUT2D eigenvalue weighted by Crippen LogP contribution is -2.13. The Morgan fingerprint density at radius 1 is 1.57 bits per heavy atom. The van der Waals surface area contributed by atoms with Gasteiger partial charge in [-0.1, -0.05) is 0 Å². The Labute approximate surface area is 90.4 Å². The molecule has 1 atom stereocenters. The van der Waals surface area contributed by atoms with Crippen LogP contribution < -0.4 is 10.5 Å². The maximum Gasteiger partial charge on any atom is 0.142 e. The van der Waals surface area contributed by atoms with Gasteiger partial charge >= 0.3 is 0 Å². The Morgan fingerprint density at radius 3 is 2.71 bits per heavy atom. The van der Waals surface area contributed by atoms with E-state index < -0.39 is 6.10 Å². The van der Waals surface area contributed by atoms with Crippen LogP contribution in [0.3, 0.4) is 0 Å². The van der Waals surface area contributed by atoms with Crippen LogP contribution in [0.4, 0.5) is 0 Å². The number of phenols is 1. The molecule has 0 aliphatic rings. The van der Waals surface area contributed by atoms with Gasteiger partial charge in [-0.2, -0.15) is 0 Å². The molecule has 4 N–H and O–H groups in total. The van der Waals surface area contributed by atoms with Crippen molar-refractivity contribution in [1.82, 2.24) is 0 Å². The van der Waals surface area contributed by atoms with Gasteiger partial charge in [0.2, 0.25) is 0 Å². The van der Waals surface area contributed by atoms with Crippen molar-refractivity contribution in [2.45, 2.75) is 6.10 Å². The largest absolute Gasteiger partial charge is 0.507 e. The van der Waals surface area contributed by atoms with Crippen molar-refractivity contribution in [3.05, 3.63) is 22.2 Å². The van der Waals surface area contributed by atoms with Gasteiger partial charge in [-0.15, -0.1) is 0 Å². The van der Waals surface area contributed by atoms with Gasteiger partial charge in [0.05, 0.1) is 23.2 Å². The van der Waals surface area contributed by atoms with Gasteiger partial charge in [-0.05, 0) is 28.1 Å². The molecule has 0 radical (unpaired) electrons. The standard InChI is InChI=1S/C9H12BrNO3/c1-14-9-5(10)2-3-6(12)8(9)7(13)4-11/h2-3,7,12-13H,4,11H2,1H3. The van der Waals surface area contributed by atoms with Crippen molar-refractivity contribution in [3.63, 3.8) is 0 Å². The second kappa shape index (κ2) is 4.63. The number of aliphatic hydroxyl groups is 1. The van der Waals surface area contributed by atoms with E-state index in [0.717, 1.165) is 0 Å². The summed E-state index contributed by atoms with van der Waals surface area (Å²) in [4.78, 5) is 0. The molecule has 1 aromatic rings. The highest BCUT2D eigenvalue weighted by Crippen LogP contribution is 2.38. The zero-order valence-corrected chi connectivity index (χ0v) is 9.28. The monoisotopic (exact) mass is 261 g/mol. The number of ether oxygens (including phenoxy) is 1. The van der Waals surface area contributed by atoms with Gasteiger partial charge in [0.15, 0.2) is 0 Å². The number of benzene rings is 1. The lowest BCUT2D eigenvalue weighted by molar-refractivity contribution is 0.177. The van der Waals surface area contributed by atoms with Gasteiger partial charge in [-0.25, -0.2) is 0 Å². The zero-order chi connectivity index (χ0) is 10.7. The Bertz CT molecular complexity index is 330. The summed E-state index contributed by atoms with van der Waals surface area (Å²) in [6.07, 6.45) is -0.928. The van der Waals surface area contributed by atoms with Crippen LogP contribution in [0.5, 0.6) is 11.5 Å². The van der Waals surface area contributed by atoms with Gasteiger partial charge in [0.25, 0.3) is 0 Å². The zero-order valence-electron chi connectivity index (χ0n) is 7.70. The van der Waals surface area contributed by atoms with Crippen LogP contribution in [0.2, 0.25) is 0 Å². The van der Waals surface area contributed by atoms with E-state index in [-0.39, 0.29) is 12.3 Å². The van der Waals surface area contributed by atoms with Gasteiger partial charge < -0.3 is 20.7 Å². The minimum Gasteiger partial charge on any atom is -0.507 e. The number of halogens is 1. The van der Waals surface area contributed by atoms with E-state index in [1.807, 2.05) is 0 Å². The molecule has 0 fully saturated rings. The minimum absolute atomic E-state index is 0.0250. The molecule has 5 heteroatoms. The normalized spacial score (nSPS) is 12.6. The molecule has 1 unspecified atom stereocenters. The molecule has 4 nitrogen and oxygen atoms in total. The summed E-state index contributed by atoms with van der Waals surface area (Å²) in [5.41, 5.74) is 5.62. The smallest absolute Gasteiger partial charge is 0.142 e. The highest BCUT2D eigenvalue weighted by molar-refractivity contribution is 9.10. The SMILES string of the molecule is COc1c(Br)ccc(O)c1C(O)CN. The fraction of sp³-hybridized carbons (Fsp3) is 0.333. The van der Waals surface area contributed by atoms with E-state index >= 15 is 0 Å². The fourth-order valence-corrected chi connectivity index (χ4v) is 1.72. The first-order valence-corrected chi connectivity index (χ1v) is 4.84.